The van der Waals surface area contributed by atoms with Crippen molar-refractivity contribution < 1.29 is 33.0 Å². The Morgan fingerprint density at radius 3 is 2.17 bits per heavy atom. The van der Waals surface area contributed by atoms with Gasteiger partial charge in [-0.05, 0) is 69.7 Å². The molecule has 2 saturated carbocycles. The van der Waals surface area contributed by atoms with Gasteiger partial charge >= 0.3 is 17.9 Å². The van der Waals surface area contributed by atoms with Gasteiger partial charge in [-0.3, -0.25) is 0 Å². The van der Waals surface area contributed by atoms with Crippen LogP contribution in [0, 0.1) is 5.92 Å². The Kier molecular flexibility index (Phi) is 6.98. The number of benzene rings is 1. The third kappa shape index (κ3) is 5.29. The minimum absolute atomic E-state index is 0.0955. The van der Waals surface area contributed by atoms with Crippen LogP contribution in [0.15, 0.2) is 24.3 Å². The average Bonchev–Trinajstić information content (AvgIpc) is 2.73. The molecule has 166 valence electrons. The molecule has 3 rings (SSSR count). The van der Waals surface area contributed by atoms with Crippen molar-refractivity contribution in [2.45, 2.75) is 88.8 Å². The van der Waals surface area contributed by atoms with Crippen LogP contribution in [-0.4, -0.2) is 34.7 Å². The Morgan fingerprint density at radius 2 is 1.60 bits per heavy atom. The van der Waals surface area contributed by atoms with Crippen LogP contribution in [0.1, 0.15) is 81.5 Å². The topological polar surface area (TPSA) is 72.8 Å². The predicted molar refractivity (Wildman–Crippen MR) is 107 cm³/mol. The zero-order valence-electron chi connectivity index (χ0n) is 17.4. The van der Waals surface area contributed by atoms with Gasteiger partial charge in [0.25, 0.3) is 0 Å². The molecule has 1 N–H and O–H groups in total. The van der Waals surface area contributed by atoms with Gasteiger partial charge in [0.15, 0.2) is 6.10 Å². The Labute approximate surface area is 175 Å². The van der Waals surface area contributed by atoms with E-state index in [9.17, 15) is 18.4 Å². The number of carbonyl (C=O) groups excluding carboxylic acids is 1. The smallest absolute Gasteiger partial charge is 0.378 e. The fraction of sp³-hybridized carbons (Fsp3) is 0.652. The van der Waals surface area contributed by atoms with Gasteiger partial charge in [-0.15, -0.1) is 0 Å². The second-order valence-electron chi connectivity index (χ2n) is 8.79. The molecule has 2 aliphatic rings. The SMILES string of the molecule is CC1(Oc2ccc(C(=O)OC(C3CCCCC3)C(F)(F)C(=O)O)cc2)CCCCC1. The van der Waals surface area contributed by atoms with Crippen LogP contribution >= 0.6 is 0 Å². The number of alkyl halides is 2. The summed E-state index contributed by atoms with van der Waals surface area (Å²) in [6.45, 7) is 2.07. The van der Waals surface area contributed by atoms with Gasteiger partial charge in [-0.2, -0.15) is 8.78 Å². The van der Waals surface area contributed by atoms with E-state index in [4.69, 9.17) is 14.6 Å². The van der Waals surface area contributed by atoms with E-state index in [1.807, 2.05) is 0 Å². The minimum Gasteiger partial charge on any atom is -0.488 e. The first-order chi connectivity index (χ1) is 14.2. The number of carboxylic acids is 1. The van der Waals surface area contributed by atoms with E-state index < -0.39 is 29.9 Å². The summed E-state index contributed by atoms with van der Waals surface area (Å²) >= 11 is 0. The number of hydrogen-bond acceptors (Lipinski definition) is 4. The summed E-state index contributed by atoms with van der Waals surface area (Å²) < 4.78 is 39.9. The Balaban J connectivity index is 1.69. The zero-order valence-corrected chi connectivity index (χ0v) is 17.4. The molecule has 0 radical (unpaired) electrons. The standard InChI is InChI=1S/C23H30F2O5/c1-22(14-6-3-7-15-22)30-18-12-10-17(11-13-18)20(26)29-19(23(24,25)21(27)28)16-8-4-2-5-9-16/h10-13,16,19H,2-9,14-15H2,1H3,(H,27,28). The highest BCUT2D eigenvalue weighted by Gasteiger charge is 2.53. The van der Waals surface area contributed by atoms with Crippen molar-refractivity contribution in [2.75, 3.05) is 0 Å². The summed E-state index contributed by atoms with van der Waals surface area (Å²) in [5.74, 6) is -7.40. The first-order valence-electron chi connectivity index (χ1n) is 10.8. The molecule has 0 aliphatic heterocycles. The summed E-state index contributed by atoms with van der Waals surface area (Å²) in [4.78, 5) is 23.7. The van der Waals surface area contributed by atoms with Crippen LogP contribution in [0.4, 0.5) is 8.78 Å². The summed E-state index contributed by atoms with van der Waals surface area (Å²) in [5, 5.41) is 8.98. The van der Waals surface area contributed by atoms with Crippen molar-refractivity contribution >= 4 is 11.9 Å². The minimum atomic E-state index is -4.13. The fourth-order valence-corrected chi connectivity index (χ4v) is 4.55. The normalized spacial score (nSPS) is 20.9. The second-order valence-corrected chi connectivity index (χ2v) is 8.79. The molecule has 2 fully saturated rings. The van der Waals surface area contributed by atoms with E-state index in [2.05, 4.69) is 6.92 Å². The van der Waals surface area contributed by atoms with E-state index >= 15 is 0 Å². The van der Waals surface area contributed by atoms with E-state index in [1.54, 1.807) is 12.1 Å². The third-order valence-corrected chi connectivity index (χ3v) is 6.32. The van der Waals surface area contributed by atoms with Gasteiger partial charge < -0.3 is 14.6 Å². The van der Waals surface area contributed by atoms with E-state index in [0.717, 1.165) is 44.9 Å². The zero-order chi connectivity index (χ0) is 21.8. The van der Waals surface area contributed by atoms with Crippen LogP contribution in [0.3, 0.4) is 0 Å². The van der Waals surface area contributed by atoms with Gasteiger partial charge in [0.05, 0.1) is 5.56 Å². The van der Waals surface area contributed by atoms with Crippen LogP contribution in [0.5, 0.6) is 5.75 Å². The number of hydrogen-bond donors (Lipinski definition) is 1. The maximum atomic E-state index is 14.3. The predicted octanol–water partition coefficient (Wildman–Crippen LogP) is 5.61. The quantitative estimate of drug-likeness (QED) is 0.576. The summed E-state index contributed by atoms with van der Waals surface area (Å²) in [5.41, 5.74) is -0.145. The lowest BCUT2D eigenvalue weighted by atomic mass is 9.83. The first-order valence-corrected chi connectivity index (χ1v) is 10.8. The highest BCUT2D eigenvalue weighted by molar-refractivity contribution is 5.90. The highest BCUT2D eigenvalue weighted by Crippen LogP contribution is 2.37. The number of carbonyl (C=O) groups is 2. The van der Waals surface area contributed by atoms with Gasteiger partial charge in [0.2, 0.25) is 0 Å². The Hall–Kier alpha value is -2.18. The molecular weight excluding hydrogens is 394 g/mol. The summed E-state index contributed by atoms with van der Waals surface area (Å²) in [7, 11) is 0. The molecule has 7 heteroatoms. The van der Waals surface area contributed by atoms with Crippen molar-refractivity contribution in [1.29, 1.82) is 0 Å². The van der Waals surface area contributed by atoms with Crippen LogP contribution in [0.2, 0.25) is 0 Å². The van der Waals surface area contributed by atoms with Gasteiger partial charge in [-0.25, -0.2) is 9.59 Å². The number of aliphatic carboxylic acids is 1. The number of rotatable bonds is 7. The molecule has 1 atom stereocenters. The van der Waals surface area contributed by atoms with Gasteiger partial charge in [0, 0.05) is 5.92 Å². The second kappa shape index (κ2) is 9.31. The molecule has 1 aromatic carbocycles. The highest BCUT2D eigenvalue weighted by atomic mass is 19.3. The molecule has 5 nitrogen and oxygen atoms in total. The summed E-state index contributed by atoms with van der Waals surface area (Å²) in [6, 6.07) is 6.20. The van der Waals surface area contributed by atoms with Crippen LogP contribution in [-0.2, 0) is 9.53 Å². The lowest BCUT2D eigenvalue weighted by Crippen LogP contribution is -2.48. The van der Waals surface area contributed by atoms with E-state index in [-0.39, 0.29) is 11.2 Å². The number of halogens is 2. The molecule has 0 aromatic heterocycles. The Bertz CT molecular complexity index is 734. The molecule has 2 aliphatic carbocycles. The number of ether oxygens (including phenoxy) is 2. The Morgan fingerprint density at radius 1 is 1.03 bits per heavy atom. The molecule has 1 unspecified atom stereocenters. The van der Waals surface area contributed by atoms with Gasteiger partial charge in [0.1, 0.15) is 11.4 Å². The maximum absolute atomic E-state index is 14.3. The average molecular weight is 424 g/mol. The molecular formula is C23H30F2O5. The number of esters is 1. The van der Waals surface area contributed by atoms with Crippen molar-refractivity contribution in [3.63, 3.8) is 0 Å². The first kappa shape index (κ1) is 22.5. The monoisotopic (exact) mass is 424 g/mol. The molecule has 0 heterocycles. The molecule has 1 aromatic rings. The lowest BCUT2D eigenvalue weighted by Gasteiger charge is -2.34. The fourth-order valence-electron chi connectivity index (χ4n) is 4.55. The molecule has 0 saturated heterocycles. The van der Waals surface area contributed by atoms with Crippen molar-refractivity contribution in [2.24, 2.45) is 5.92 Å². The molecule has 0 spiro atoms. The van der Waals surface area contributed by atoms with E-state index in [1.165, 1.54) is 18.6 Å². The van der Waals surface area contributed by atoms with Crippen LogP contribution < -0.4 is 4.74 Å². The maximum Gasteiger partial charge on any atom is 0.378 e. The van der Waals surface area contributed by atoms with Crippen LogP contribution in [0.25, 0.3) is 0 Å². The molecule has 0 amide bonds. The van der Waals surface area contributed by atoms with Gasteiger partial charge in [-0.1, -0.05) is 25.7 Å². The largest absolute Gasteiger partial charge is 0.488 e. The van der Waals surface area contributed by atoms with Crippen molar-refractivity contribution in [3.05, 3.63) is 29.8 Å². The van der Waals surface area contributed by atoms with Crippen molar-refractivity contribution in [1.82, 2.24) is 0 Å². The molecule has 0 bridgehead atoms. The number of carboxylic acid groups (broad SMARTS) is 1. The summed E-state index contributed by atoms with van der Waals surface area (Å²) in [6.07, 6.45) is 6.58. The third-order valence-electron chi connectivity index (χ3n) is 6.32. The van der Waals surface area contributed by atoms with E-state index in [0.29, 0.717) is 18.6 Å². The lowest BCUT2D eigenvalue weighted by molar-refractivity contribution is -0.189. The molecule has 30 heavy (non-hydrogen) atoms. The van der Waals surface area contributed by atoms with Crippen molar-refractivity contribution in [3.8, 4) is 5.75 Å².